The molecule has 0 unspecified atom stereocenters. The highest BCUT2D eigenvalue weighted by molar-refractivity contribution is 5.97. The number of nitrogens with zero attached hydrogens (tertiary/aromatic N) is 2. The molecule has 0 fully saturated rings. The molecule has 70 valence electrons. The van der Waals surface area contributed by atoms with Gasteiger partial charge in [0.05, 0.1) is 17.3 Å². The van der Waals surface area contributed by atoms with Crippen LogP contribution in [0.2, 0.25) is 0 Å². The van der Waals surface area contributed by atoms with Gasteiger partial charge in [0.2, 0.25) is 0 Å². The standard InChI is InChI=1S/C9H7N3O2/c10-4-8(13)5-1-2-6-7(3-5)12-9(14)11-6/h1-3H,4,10H2. The zero-order chi connectivity index (χ0) is 10.1. The Kier molecular flexibility index (Phi) is 1.94. The van der Waals surface area contributed by atoms with Gasteiger partial charge in [0.15, 0.2) is 5.78 Å². The lowest BCUT2D eigenvalue weighted by molar-refractivity contribution is 0.100. The molecule has 14 heavy (non-hydrogen) atoms. The Morgan fingerprint density at radius 3 is 2.71 bits per heavy atom. The molecule has 1 aromatic carbocycles. The van der Waals surface area contributed by atoms with Gasteiger partial charge in [-0.05, 0) is 18.2 Å². The number of rotatable bonds is 2. The number of Topliss-reactive ketones (excluding diaryl/α,β-unsaturated/α-hetero) is 1. The summed E-state index contributed by atoms with van der Waals surface area (Å²) in [5.41, 5.74) is 5.66. The van der Waals surface area contributed by atoms with Crippen molar-refractivity contribution in [2.75, 3.05) is 6.54 Å². The molecule has 1 aromatic rings. The van der Waals surface area contributed by atoms with E-state index in [9.17, 15) is 9.59 Å². The second-order valence-corrected chi connectivity index (χ2v) is 2.84. The predicted octanol–water partition coefficient (Wildman–Crippen LogP) is -0.799. The zero-order valence-electron chi connectivity index (χ0n) is 7.23. The van der Waals surface area contributed by atoms with Gasteiger partial charge in [-0.2, -0.15) is 9.98 Å². The molecule has 2 rings (SSSR count). The molecule has 1 heterocycles. The number of ketones is 1. The van der Waals surface area contributed by atoms with Gasteiger partial charge in [-0.3, -0.25) is 4.79 Å². The first-order valence-corrected chi connectivity index (χ1v) is 4.05. The van der Waals surface area contributed by atoms with E-state index < -0.39 is 6.03 Å². The van der Waals surface area contributed by atoms with Crippen LogP contribution < -0.4 is 16.4 Å². The topological polar surface area (TPSA) is 84.9 Å². The smallest absolute Gasteiger partial charge is 0.324 e. The number of fused-ring (bicyclic) bond motifs is 1. The maximum Gasteiger partial charge on any atom is 0.368 e. The van der Waals surface area contributed by atoms with Crippen molar-refractivity contribution in [3.05, 3.63) is 34.5 Å². The summed E-state index contributed by atoms with van der Waals surface area (Å²) in [5, 5.41) is 0.942. The highest BCUT2D eigenvalue weighted by atomic mass is 16.2. The van der Waals surface area contributed by atoms with E-state index in [1.54, 1.807) is 12.1 Å². The Hall–Kier alpha value is -1.88. The number of urea groups is 1. The molecule has 0 radical (unpaired) electrons. The highest BCUT2D eigenvalue weighted by Crippen LogP contribution is 1.94. The Labute approximate surface area is 79.0 Å². The van der Waals surface area contributed by atoms with Crippen molar-refractivity contribution in [2.45, 2.75) is 0 Å². The third kappa shape index (κ3) is 1.33. The molecule has 5 heteroatoms. The van der Waals surface area contributed by atoms with Gasteiger partial charge in [0, 0.05) is 5.56 Å². The molecule has 0 bridgehead atoms. The molecular weight excluding hydrogens is 182 g/mol. The molecule has 1 aliphatic rings. The zero-order valence-corrected chi connectivity index (χ0v) is 7.23. The van der Waals surface area contributed by atoms with Crippen LogP contribution in [-0.2, 0) is 0 Å². The van der Waals surface area contributed by atoms with Crippen molar-refractivity contribution in [1.29, 1.82) is 0 Å². The van der Waals surface area contributed by atoms with Crippen LogP contribution in [0.15, 0.2) is 28.2 Å². The maximum atomic E-state index is 11.2. The number of amides is 2. The van der Waals surface area contributed by atoms with E-state index in [2.05, 4.69) is 9.98 Å². The Bertz CT molecular complexity index is 533. The molecule has 0 saturated carbocycles. The lowest BCUT2D eigenvalue weighted by Gasteiger charge is -1.94. The van der Waals surface area contributed by atoms with Crippen molar-refractivity contribution >= 4 is 11.8 Å². The van der Waals surface area contributed by atoms with Crippen molar-refractivity contribution in [3.63, 3.8) is 0 Å². The maximum absolute atomic E-state index is 11.2. The van der Waals surface area contributed by atoms with E-state index in [1.165, 1.54) is 6.07 Å². The minimum atomic E-state index is -0.530. The van der Waals surface area contributed by atoms with Crippen LogP contribution in [0.3, 0.4) is 0 Å². The lowest BCUT2D eigenvalue weighted by Crippen LogP contribution is -2.24. The SMILES string of the molecule is NCC(=O)c1ccc2c(c1)=NC(=O)N=2. The largest absolute Gasteiger partial charge is 0.368 e. The number of carbonyl (C=O) groups excluding carboxylic acids is 2. The summed E-state index contributed by atoms with van der Waals surface area (Å²) >= 11 is 0. The number of hydrogen-bond donors (Lipinski definition) is 1. The summed E-state index contributed by atoms with van der Waals surface area (Å²) in [6.45, 7) is -0.0517. The fourth-order valence-corrected chi connectivity index (χ4v) is 1.23. The molecule has 0 aromatic heterocycles. The van der Waals surface area contributed by atoms with Crippen LogP contribution in [0.4, 0.5) is 4.79 Å². The van der Waals surface area contributed by atoms with Gasteiger partial charge in [0.1, 0.15) is 0 Å². The molecule has 0 saturated heterocycles. The first-order chi connectivity index (χ1) is 6.70. The minimum Gasteiger partial charge on any atom is -0.324 e. The molecule has 2 amide bonds. The third-order valence-electron chi connectivity index (χ3n) is 1.91. The average molecular weight is 189 g/mol. The molecule has 0 atom stereocenters. The lowest BCUT2D eigenvalue weighted by atomic mass is 10.1. The van der Waals surface area contributed by atoms with Gasteiger partial charge in [-0.1, -0.05) is 0 Å². The van der Waals surface area contributed by atoms with Gasteiger partial charge < -0.3 is 5.73 Å². The molecule has 0 spiro atoms. The fraction of sp³-hybridized carbons (Fsp3) is 0.111. The second kappa shape index (κ2) is 3.12. The van der Waals surface area contributed by atoms with Gasteiger partial charge in [-0.25, -0.2) is 4.79 Å². The number of benzene rings is 1. The van der Waals surface area contributed by atoms with Crippen LogP contribution in [0.25, 0.3) is 0 Å². The average Bonchev–Trinajstić information content (AvgIpc) is 2.55. The Morgan fingerprint density at radius 1 is 1.29 bits per heavy atom. The summed E-state index contributed by atoms with van der Waals surface area (Å²) in [5.74, 6) is -0.178. The Morgan fingerprint density at radius 2 is 2.00 bits per heavy atom. The summed E-state index contributed by atoms with van der Waals surface area (Å²) in [4.78, 5) is 29.3. The monoisotopic (exact) mass is 189 g/mol. The highest BCUT2D eigenvalue weighted by Gasteiger charge is 2.08. The van der Waals surface area contributed by atoms with Crippen molar-refractivity contribution in [3.8, 4) is 0 Å². The van der Waals surface area contributed by atoms with E-state index in [1.807, 2.05) is 0 Å². The van der Waals surface area contributed by atoms with Gasteiger partial charge in [0.25, 0.3) is 0 Å². The molecule has 1 aliphatic heterocycles. The fourth-order valence-electron chi connectivity index (χ4n) is 1.23. The van der Waals surface area contributed by atoms with Gasteiger partial charge >= 0.3 is 6.03 Å². The van der Waals surface area contributed by atoms with E-state index in [0.29, 0.717) is 16.3 Å². The van der Waals surface area contributed by atoms with E-state index in [-0.39, 0.29) is 12.3 Å². The number of hydrogen-bond acceptors (Lipinski definition) is 3. The first kappa shape index (κ1) is 8.71. The predicted molar refractivity (Wildman–Crippen MR) is 47.5 cm³/mol. The molecule has 0 aliphatic carbocycles. The van der Waals surface area contributed by atoms with Crippen LogP contribution in [0.5, 0.6) is 0 Å². The molecular formula is C9H7N3O2. The Balaban J connectivity index is 2.60. The molecule has 2 N–H and O–H groups in total. The van der Waals surface area contributed by atoms with E-state index in [4.69, 9.17) is 5.73 Å². The van der Waals surface area contributed by atoms with Crippen molar-refractivity contribution in [2.24, 2.45) is 15.7 Å². The van der Waals surface area contributed by atoms with Crippen LogP contribution in [0.1, 0.15) is 10.4 Å². The second-order valence-electron chi connectivity index (χ2n) is 2.84. The summed E-state index contributed by atoms with van der Waals surface area (Å²) in [7, 11) is 0. The number of nitrogens with two attached hydrogens (primary N) is 1. The van der Waals surface area contributed by atoms with Crippen LogP contribution in [-0.4, -0.2) is 18.4 Å². The summed E-state index contributed by atoms with van der Waals surface area (Å²) in [6.07, 6.45) is 0. The normalized spacial score (nSPS) is 13.1. The van der Waals surface area contributed by atoms with E-state index in [0.717, 1.165) is 0 Å². The quantitative estimate of drug-likeness (QED) is 0.618. The molecule has 5 nitrogen and oxygen atoms in total. The van der Waals surface area contributed by atoms with E-state index >= 15 is 0 Å². The van der Waals surface area contributed by atoms with Crippen molar-refractivity contribution in [1.82, 2.24) is 0 Å². The van der Waals surface area contributed by atoms with Crippen LogP contribution >= 0.6 is 0 Å². The summed E-state index contributed by atoms with van der Waals surface area (Å²) in [6, 6.07) is 4.18. The number of carbonyl (C=O) groups is 2. The van der Waals surface area contributed by atoms with Crippen molar-refractivity contribution < 1.29 is 9.59 Å². The minimum absolute atomic E-state index is 0.0517. The third-order valence-corrected chi connectivity index (χ3v) is 1.91. The first-order valence-electron chi connectivity index (χ1n) is 4.05. The van der Waals surface area contributed by atoms with Crippen LogP contribution in [0, 0.1) is 0 Å². The summed E-state index contributed by atoms with van der Waals surface area (Å²) < 4.78 is 0. The van der Waals surface area contributed by atoms with Gasteiger partial charge in [-0.15, -0.1) is 0 Å².